The van der Waals surface area contributed by atoms with Gasteiger partial charge in [-0.2, -0.15) is 0 Å². The van der Waals surface area contributed by atoms with Gasteiger partial charge in [0.25, 0.3) is 0 Å². The van der Waals surface area contributed by atoms with E-state index in [4.69, 9.17) is 0 Å². The first-order valence-corrected chi connectivity index (χ1v) is 8.50. The predicted octanol–water partition coefficient (Wildman–Crippen LogP) is 3.58. The highest BCUT2D eigenvalue weighted by atomic mass is 127. The average Bonchev–Trinajstić information content (AvgIpc) is 2.54. The fourth-order valence-electron chi connectivity index (χ4n) is 3.22. The summed E-state index contributed by atoms with van der Waals surface area (Å²) < 4.78 is 0. The molecule has 0 spiro atoms. The van der Waals surface area contributed by atoms with E-state index in [0.29, 0.717) is 0 Å². The lowest BCUT2D eigenvalue weighted by Gasteiger charge is -2.31. The zero-order valence-electron chi connectivity index (χ0n) is 14.7. The molecule has 0 aliphatic heterocycles. The fraction of sp³-hybridized carbons (Fsp3) is 0.667. The van der Waals surface area contributed by atoms with E-state index < -0.39 is 0 Å². The summed E-state index contributed by atoms with van der Waals surface area (Å²) in [6.07, 6.45) is 8.25. The molecule has 0 unspecified atom stereocenters. The van der Waals surface area contributed by atoms with Crippen molar-refractivity contribution in [3.8, 4) is 0 Å². The normalized spacial score (nSPS) is 21.4. The molecule has 1 heterocycles. The van der Waals surface area contributed by atoms with Crippen molar-refractivity contribution in [3.05, 3.63) is 30.1 Å². The molecule has 0 radical (unpaired) electrons. The largest absolute Gasteiger partial charge is 0.356 e. The molecule has 130 valence electrons. The maximum Gasteiger partial charge on any atom is 0.193 e. The molecule has 1 aromatic rings. The van der Waals surface area contributed by atoms with Gasteiger partial charge in [0.1, 0.15) is 0 Å². The van der Waals surface area contributed by atoms with Gasteiger partial charge in [-0.05, 0) is 36.8 Å². The van der Waals surface area contributed by atoms with E-state index in [1.165, 1.54) is 25.7 Å². The van der Waals surface area contributed by atoms with E-state index in [0.717, 1.165) is 43.0 Å². The molecular formula is C18H31IN4. The predicted molar refractivity (Wildman–Crippen MR) is 108 cm³/mol. The van der Waals surface area contributed by atoms with E-state index in [-0.39, 0.29) is 24.0 Å². The van der Waals surface area contributed by atoms with Gasteiger partial charge in [-0.25, -0.2) is 0 Å². The molecule has 5 heteroatoms. The molecular weight excluding hydrogens is 399 g/mol. The first-order chi connectivity index (χ1) is 10.7. The lowest BCUT2D eigenvalue weighted by molar-refractivity contribution is 0.250. The second kappa shape index (κ2) is 10.8. The molecule has 1 fully saturated rings. The lowest BCUT2D eigenvalue weighted by Crippen LogP contribution is -2.42. The Kier molecular flexibility index (Phi) is 9.52. The molecule has 1 N–H and O–H groups in total. The molecule has 0 atom stereocenters. The average molecular weight is 430 g/mol. The third-order valence-electron chi connectivity index (χ3n) is 4.63. The van der Waals surface area contributed by atoms with Gasteiger partial charge < -0.3 is 10.2 Å². The van der Waals surface area contributed by atoms with Gasteiger partial charge in [0.2, 0.25) is 0 Å². The highest BCUT2D eigenvalue weighted by Crippen LogP contribution is 2.28. The number of nitrogens with one attached hydrogen (secondary N) is 1. The Bertz CT molecular complexity index is 455. The first-order valence-electron chi connectivity index (χ1n) is 8.50. The number of aromatic nitrogens is 1. The fourth-order valence-corrected chi connectivity index (χ4v) is 3.22. The summed E-state index contributed by atoms with van der Waals surface area (Å²) in [5, 5.41) is 3.45. The van der Waals surface area contributed by atoms with Gasteiger partial charge >= 0.3 is 0 Å². The minimum atomic E-state index is 0. The summed E-state index contributed by atoms with van der Waals surface area (Å²) in [5.74, 6) is 2.72. The summed E-state index contributed by atoms with van der Waals surface area (Å²) in [4.78, 5) is 11.0. The third-order valence-corrected chi connectivity index (χ3v) is 4.63. The van der Waals surface area contributed by atoms with Crippen LogP contribution in [0.15, 0.2) is 29.4 Å². The molecule has 23 heavy (non-hydrogen) atoms. The number of halogens is 1. The second-order valence-electron chi connectivity index (χ2n) is 6.55. The third kappa shape index (κ3) is 7.06. The van der Waals surface area contributed by atoms with E-state index in [2.05, 4.69) is 40.2 Å². The van der Waals surface area contributed by atoms with Gasteiger partial charge in [0.05, 0.1) is 0 Å². The minimum Gasteiger partial charge on any atom is -0.356 e. The Labute approximate surface area is 158 Å². The number of guanidine groups is 1. The van der Waals surface area contributed by atoms with Crippen molar-refractivity contribution in [3.63, 3.8) is 0 Å². The molecule has 2 rings (SSSR count). The molecule has 0 bridgehead atoms. The topological polar surface area (TPSA) is 40.5 Å². The van der Waals surface area contributed by atoms with Gasteiger partial charge in [-0.1, -0.05) is 25.8 Å². The summed E-state index contributed by atoms with van der Waals surface area (Å²) in [6, 6.07) is 6.05. The van der Waals surface area contributed by atoms with Crippen LogP contribution in [0.4, 0.5) is 0 Å². The van der Waals surface area contributed by atoms with Crippen LogP contribution in [0, 0.1) is 11.8 Å². The van der Waals surface area contributed by atoms with Crippen LogP contribution in [0.3, 0.4) is 0 Å². The van der Waals surface area contributed by atoms with Crippen molar-refractivity contribution in [2.45, 2.75) is 39.0 Å². The number of aliphatic imine (C=N–C) groups is 1. The molecule has 0 aromatic carbocycles. The Morgan fingerprint density at radius 1 is 1.30 bits per heavy atom. The zero-order valence-corrected chi connectivity index (χ0v) is 17.0. The summed E-state index contributed by atoms with van der Waals surface area (Å²) in [6.45, 7) is 4.35. The molecule has 0 saturated heterocycles. The monoisotopic (exact) mass is 430 g/mol. The number of rotatable bonds is 5. The summed E-state index contributed by atoms with van der Waals surface area (Å²) >= 11 is 0. The van der Waals surface area contributed by atoms with Crippen LogP contribution in [0.5, 0.6) is 0 Å². The van der Waals surface area contributed by atoms with Crippen LogP contribution in [-0.2, 0) is 6.42 Å². The number of hydrogen-bond acceptors (Lipinski definition) is 2. The van der Waals surface area contributed by atoms with E-state index in [9.17, 15) is 0 Å². The summed E-state index contributed by atoms with van der Waals surface area (Å²) in [7, 11) is 4.01. The van der Waals surface area contributed by atoms with Gasteiger partial charge in [-0.15, -0.1) is 24.0 Å². The van der Waals surface area contributed by atoms with Gasteiger partial charge in [-0.3, -0.25) is 9.98 Å². The Morgan fingerprint density at radius 3 is 2.65 bits per heavy atom. The van der Waals surface area contributed by atoms with E-state index in [1.807, 2.05) is 25.4 Å². The first kappa shape index (κ1) is 20.2. The van der Waals surface area contributed by atoms with Crippen LogP contribution in [-0.4, -0.2) is 43.0 Å². The van der Waals surface area contributed by atoms with Crippen molar-refractivity contribution in [2.75, 3.05) is 27.2 Å². The van der Waals surface area contributed by atoms with E-state index >= 15 is 0 Å². The maximum absolute atomic E-state index is 4.41. The van der Waals surface area contributed by atoms with Crippen molar-refractivity contribution < 1.29 is 0 Å². The van der Waals surface area contributed by atoms with Crippen molar-refractivity contribution >= 4 is 29.9 Å². The molecule has 1 aliphatic rings. The minimum absolute atomic E-state index is 0. The van der Waals surface area contributed by atoms with E-state index in [1.54, 1.807) is 0 Å². The number of pyridine rings is 1. The lowest BCUT2D eigenvalue weighted by atomic mass is 9.83. The molecule has 1 aliphatic carbocycles. The van der Waals surface area contributed by atoms with Crippen molar-refractivity contribution in [1.29, 1.82) is 0 Å². The highest BCUT2D eigenvalue weighted by molar-refractivity contribution is 14.0. The number of nitrogens with zero attached hydrogens (tertiary/aromatic N) is 3. The summed E-state index contributed by atoms with van der Waals surface area (Å²) in [5.41, 5.74) is 1.12. The number of hydrogen-bond donors (Lipinski definition) is 1. The van der Waals surface area contributed by atoms with Crippen molar-refractivity contribution in [2.24, 2.45) is 16.8 Å². The SMILES string of the molecule is CN=C(NCCc1ccccn1)N(C)CC1CCC(C)CC1.I. The van der Waals surface area contributed by atoms with Gasteiger partial charge in [0, 0.05) is 45.5 Å². The smallest absolute Gasteiger partial charge is 0.193 e. The van der Waals surface area contributed by atoms with Crippen molar-refractivity contribution in [1.82, 2.24) is 15.2 Å². The quantitative estimate of drug-likeness (QED) is 0.441. The van der Waals surface area contributed by atoms with Gasteiger partial charge in [0.15, 0.2) is 5.96 Å². The van der Waals surface area contributed by atoms with Crippen LogP contribution in [0.25, 0.3) is 0 Å². The second-order valence-corrected chi connectivity index (χ2v) is 6.55. The zero-order chi connectivity index (χ0) is 15.8. The van der Waals surface area contributed by atoms with Crippen LogP contribution in [0.2, 0.25) is 0 Å². The molecule has 1 saturated carbocycles. The molecule has 0 amide bonds. The Morgan fingerprint density at radius 2 is 2.04 bits per heavy atom. The maximum atomic E-state index is 4.41. The molecule has 4 nitrogen and oxygen atoms in total. The van der Waals surface area contributed by atoms with Crippen LogP contribution < -0.4 is 5.32 Å². The molecule has 1 aromatic heterocycles. The van der Waals surface area contributed by atoms with Crippen LogP contribution >= 0.6 is 24.0 Å². The Balaban J connectivity index is 0.00000264. The van der Waals surface area contributed by atoms with Crippen LogP contribution in [0.1, 0.15) is 38.3 Å². The Hall–Kier alpha value is -0.850. The highest BCUT2D eigenvalue weighted by Gasteiger charge is 2.20. The standard InChI is InChI=1S/C18H30N4.HI/c1-15-7-9-16(10-8-15)14-22(3)18(19-2)21-13-11-17-6-4-5-12-20-17;/h4-6,12,15-16H,7-11,13-14H2,1-3H3,(H,19,21);1H.